The van der Waals surface area contributed by atoms with Crippen LogP contribution < -0.4 is 10.5 Å². The van der Waals surface area contributed by atoms with Gasteiger partial charge in [0.2, 0.25) is 0 Å². The Balaban J connectivity index is 2.26. The van der Waals surface area contributed by atoms with Gasteiger partial charge in [0.15, 0.2) is 0 Å². The van der Waals surface area contributed by atoms with Crippen LogP contribution in [0.1, 0.15) is 5.56 Å². The van der Waals surface area contributed by atoms with Gasteiger partial charge in [-0.1, -0.05) is 18.2 Å². The average Bonchev–Trinajstić information content (AvgIpc) is 2.39. The molecular weight excluding hydrogens is 326 g/mol. The Kier molecular flexibility index (Phi) is 4.61. The molecule has 2 aromatic rings. The first-order valence-corrected chi connectivity index (χ1v) is 7.78. The number of hydrogen-bond acceptors (Lipinski definition) is 3. The minimum absolute atomic E-state index is 0.409. The molecule has 5 heteroatoms. The molecule has 3 nitrogen and oxygen atoms in total. The van der Waals surface area contributed by atoms with Gasteiger partial charge in [0.05, 0.1) is 28.6 Å². The summed E-state index contributed by atoms with van der Waals surface area (Å²) in [5.74, 6) is 1.16. The normalized spacial score (nSPS) is 12.1. The van der Waals surface area contributed by atoms with Crippen molar-refractivity contribution in [3.63, 3.8) is 0 Å². The zero-order valence-corrected chi connectivity index (χ0v) is 12.8. The van der Waals surface area contributed by atoms with Crippen molar-refractivity contribution >= 4 is 32.4 Å². The molecule has 0 spiro atoms. The van der Waals surface area contributed by atoms with Crippen molar-refractivity contribution in [2.24, 2.45) is 0 Å². The highest BCUT2D eigenvalue weighted by molar-refractivity contribution is 9.10. The molecule has 0 bridgehead atoms. The fraction of sp³-hybridized carbons (Fsp3) is 0.143. The second-order valence-electron chi connectivity index (χ2n) is 3.99. The van der Waals surface area contributed by atoms with Crippen LogP contribution in [-0.4, -0.2) is 11.3 Å². The highest BCUT2D eigenvalue weighted by atomic mass is 79.9. The molecule has 0 aromatic heterocycles. The lowest BCUT2D eigenvalue weighted by atomic mass is 10.2. The van der Waals surface area contributed by atoms with Crippen molar-refractivity contribution in [2.45, 2.75) is 10.6 Å². The van der Waals surface area contributed by atoms with Gasteiger partial charge < -0.3 is 10.5 Å². The molecule has 1 unspecified atom stereocenters. The van der Waals surface area contributed by atoms with Gasteiger partial charge in [-0.25, -0.2) is 0 Å². The molecule has 0 amide bonds. The maximum absolute atomic E-state index is 12.4. The van der Waals surface area contributed by atoms with E-state index in [4.69, 9.17) is 10.5 Å². The lowest BCUT2D eigenvalue weighted by molar-refractivity contribution is 0.411. The third-order valence-corrected chi connectivity index (χ3v) is 5.02. The van der Waals surface area contributed by atoms with Crippen LogP contribution >= 0.6 is 15.9 Å². The summed E-state index contributed by atoms with van der Waals surface area (Å²) < 4.78 is 18.4. The van der Waals surface area contributed by atoms with Gasteiger partial charge in [0, 0.05) is 15.7 Å². The van der Waals surface area contributed by atoms with Gasteiger partial charge in [-0.3, -0.25) is 4.21 Å². The maximum Gasteiger partial charge on any atom is 0.122 e. The van der Waals surface area contributed by atoms with E-state index in [0.717, 1.165) is 20.7 Å². The molecule has 19 heavy (non-hydrogen) atoms. The van der Waals surface area contributed by atoms with Crippen LogP contribution in [0, 0.1) is 0 Å². The second kappa shape index (κ2) is 6.21. The molecule has 0 aliphatic heterocycles. The van der Waals surface area contributed by atoms with E-state index in [1.807, 2.05) is 24.3 Å². The number of rotatable bonds is 4. The topological polar surface area (TPSA) is 52.3 Å². The number of halogens is 1. The molecule has 0 heterocycles. The highest BCUT2D eigenvalue weighted by Crippen LogP contribution is 2.27. The van der Waals surface area contributed by atoms with Gasteiger partial charge in [-0.05, 0) is 40.2 Å². The summed E-state index contributed by atoms with van der Waals surface area (Å²) in [4.78, 5) is 0.736. The van der Waals surface area contributed by atoms with Gasteiger partial charge >= 0.3 is 0 Å². The van der Waals surface area contributed by atoms with Crippen molar-refractivity contribution in [1.29, 1.82) is 0 Å². The predicted molar refractivity (Wildman–Crippen MR) is 81.7 cm³/mol. The van der Waals surface area contributed by atoms with E-state index in [9.17, 15) is 4.21 Å². The summed E-state index contributed by atoms with van der Waals surface area (Å²) >= 11 is 3.39. The molecule has 0 saturated carbocycles. The Morgan fingerprint density at radius 2 is 2.00 bits per heavy atom. The lowest BCUT2D eigenvalue weighted by Crippen LogP contribution is -2.00. The Bertz CT molecular complexity index is 616. The van der Waals surface area contributed by atoms with Gasteiger partial charge in [0.25, 0.3) is 0 Å². The highest BCUT2D eigenvalue weighted by Gasteiger charge is 2.12. The number of para-hydroxylation sites is 1. The minimum atomic E-state index is -1.15. The van der Waals surface area contributed by atoms with Crippen molar-refractivity contribution in [3.05, 3.63) is 52.5 Å². The standard InChI is InChI=1S/C14H14BrNO2S/c1-18-13-5-3-2-4-10(13)9-19(17)14-7-6-11(16)8-12(14)15/h2-8H,9,16H2,1H3. The lowest BCUT2D eigenvalue weighted by Gasteiger charge is -2.09. The fourth-order valence-electron chi connectivity index (χ4n) is 1.74. The van der Waals surface area contributed by atoms with E-state index >= 15 is 0 Å². The van der Waals surface area contributed by atoms with Crippen LogP contribution in [0.15, 0.2) is 51.8 Å². The zero-order valence-electron chi connectivity index (χ0n) is 10.4. The summed E-state index contributed by atoms with van der Waals surface area (Å²) in [6.45, 7) is 0. The van der Waals surface area contributed by atoms with Crippen LogP contribution in [0.3, 0.4) is 0 Å². The SMILES string of the molecule is COc1ccccc1CS(=O)c1ccc(N)cc1Br. The first-order chi connectivity index (χ1) is 9.11. The van der Waals surface area contributed by atoms with E-state index in [0.29, 0.717) is 11.4 Å². The van der Waals surface area contributed by atoms with Crippen molar-refractivity contribution < 1.29 is 8.95 Å². The minimum Gasteiger partial charge on any atom is -0.496 e. The summed E-state index contributed by atoms with van der Waals surface area (Å²) in [5, 5.41) is 0. The molecule has 2 N–H and O–H groups in total. The van der Waals surface area contributed by atoms with Gasteiger partial charge in [-0.15, -0.1) is 0 Å². The Morgan fingerprint density at radius 1 is 1.26 bits per heavy atom. The Morgan fingerprint density at radius 3 is 2.68 bits per heavy atom. The third-order valence-electron chi connectivity index (χ3n) is 2.68. The average molecular weight is 340 g/mol. The van der Waals surface area contributed by atoms with Crippen molar-refractivity contribution in [1.82, 2.24) is 0 Å². The molecule has 0 fully saturated rings. The fourth-order valence-corrected chi connectivity index (χ4v) is 3.85. The van der Waals surface area contributed by atoms with Crippen molar-refractivity contribution in [3.8, 4) is 5.75 Å². The van der Waals surface area contributed by atoms with Crippen molar-refractivity contribution in [2.75, 3.05) is 12.8 Å². The van der Waals surface area contributed by atoms with Gasteiger partial charge in [0.1, 0.15) is 5.75 Å². The van der Waals surface area contributed by atoms with Gasteiger partial charge in [-0.2, -0.15) is 0 Å². The number of benzene rings is 2. The molecule has 1 atom stereocenters. The third kappa shape index (κ3) is 3.36. The predicted octanol–water partition coefficient (Wildman–Crippen LogP) is 3.35. The number of hydrogen-bond donors (Lipinski definition) is 1. The first kappa shape index (κ1) is 14.1. The molecule has 0 aliphatic rings. The van der Waals surface area contributed by atoms with Crippen LogP contribution in [0.5, 0.6) is 5.75 Å². The maximum atomic E-state index is 12.4. The van der Waals surface area contributed by atoms with Crippen LogP contribution in [0.4, 0.5) is 5.69 Å². The van der Waals surface area contributed by atoms with E-state index in [1.54, 1.807) is 25.3 Å². The number of nitrogens with two attached hydrogens (primary N) is 1. The Hall–Kier alpha value is -1.33. The van der Waals surface area contributed by atoms with E-state index in [2.05, 4.69) is 15.9 Å². The molecule has 0 radical (unpaired) electrons. The van der Waals surface area contributed by atoms with E-state index in [1.165, 1.54) is 0 Å². The quantitative estimate of drug-likeness (QED) is 0.869. The summed E-state index contributed by atoms with van der Waals surface area (Å²) in [6.07, 6.45) is 0. The number of methoxy groups -OCH3 is 1. The molecule has 0 saturated heterocycles. The number of ether oxygens (including phenoxy) is 1. The van der Waals surface area contributed by atoms with Crippen LogP contribution in [-0.2, 0) is 16.6 Å². The summed E-state index contributed by atoms with van der Waals surface area (Å²) in [5.41, 5.74) is 7.24. The summed E-state index contributed by atoms with van der Waals surface area (Å²) in [6, 6.07) is 12.9. The second-order valence-corrected chi connectivity index (χ2v) is 6.27. The Labute approximate surface area is 123 Å². The molecular formula is C14H14BrNO2S. The molecule has 100 valence electrons. The largest absolute Gasteiger partial charge is 0.496 e. The zero-order chi connectivity index (χ0) is 13.8. The molecule has 2 aromatic carbocycles. The summed E-state index contributed by atoms with van der Waals surface area (Å²) in [7, 11) is 0.463. The number of nitrogen functional groups attached to an aromatic ring is 1. The first-order valence-electron chi connectivity index (χ1n) is 5.67. The van der Waals surface area contributed by atoms with Crippen LogP contribution in [0.25, 0.3) is 0 Å². The van der Waals surface area contributed by atoms with E-state index in [-0.39, 0.29) is 0 Å². The monoisotopic (exact) mass is 339 g/mol. The van der Waals surface area contributed by atoms with E-state index < -0.39 is 10.8 Å². The smallest absolute Gasteiger partial charge is 0.122 e. The molecule has 2 rings (SSSR count). The number of anilines is 1. The van der Waals surface area contributed by atoms with Crippen LogP contribution in [0.2, 0.25) is 0 Å². The molecule has 0 aliphatic carbocycles.